The fourth-order valence-corrected chi connectivity index (χ4v) is 2.61. The average Bonchev–Trinajstić information content (AvgIpc) is 2.09. The predicted molar refractivity (Wildman–Crippen MR) is 53.1 cm³/mol. The molecule has 2 unspecified atom stereocenters. The van der Waals surface area contributed by atoms with E-state index in [1.54, 1.807) is 0 Å². The summed E-state index contributed by atoms with van der Waals surface area (Å²) in [4.78, 5) is 0. The summed E-state index contributed by atoms with van der Waals surface area (Å²) in [5.74, 6) is 0. The fourth-order valence-electron chi connectivity index (χ4n) is 1.52. The van der Waals surface area contributed by atoms with Crippen molar-refractivity contribution in [1.29, 1.82) is 0 Å². The normalized spacial score (nSPS) is 40.5. The van der Waals surface area contributed by atoms with Crippen LogP contribution in [0.15, 0.2) is 0 Å². The van der Waals surface area contributed by atoms with Gasteiger partial charge < -0.3 is 9.05 Å². The minimum atomic E-state index is -2.19. The molecule has 3 nitrogen and oxygen atoms in total. The lowest BCUT2D eigenvalue weighted by atomic mass is 9.81. The Hall–Kier alpha value is 0.150. The maximum Gasteiger partial charge on any atom is 0.319 e. The zero-order chi connectivity index (χ0) is 9.90. The first-order chi connectivity index (χ1) is 6.08. The van der Waals surface area contributed by atoms with Crippen LogP contribution >= 0.6 is 8.25 Å². The van der Waals surface area contributed by atoms with Crippen LogP contribution in [0.1, 0.15) is 40.0 Å². The van der Waals surface area contributed by atoms with E-state index in [2.05, 4.69) is 13.8 Å². The third-order valence-electron chi connectivity index (χ3n) is 2.88. The van der Waals surface area contributed by atoms with E-state index in [1.807, 2.05) is 6.92 Å². The molecule has 1 aliphatic rings. The first-order valence-electron chi connectivity index (χ1n) is 4.92. The lowest BCUT2D eigenvalue weighted by molar-refractivity contribution is -0.0225. The molecule has 0 radical (unpaired) electrons. The second-order valence-corrected chi connectivity index (χ2v) is 5.08. The highest BCUT2D eigenvalue weighted by molar-refractivity contribution is 7.33. The molecular formula is C9H19O3P. The maximum atomic E-state index is 11.0. The van der Waals surface area contributed by atoms with Crippen LogP contribution < -0.4 is 0 Å². The van der Waals surface area contributed by atoms with E-state index in [0.29, 0.717) is 6.61 Å². The molecule has 0 aliphatic carbocycles. The number of hydrogen-bond donors (Lipinski definition) is 0. The summed E-state index contributed by atoms with van der Waals surface area (Å²) in [5, 5.41) is 0. The van der Waals surface area contributed by atoms with Crippen LogP contribution in [0.5, 0.6) is 0 Å². The number of hydrogen-bond acceptors (Lipinski definition) is 3. The molecule has 4 heteroatoms. The first-order valence-corrected chi connectivity index (χ1v) is 6.14. The van der Waals surface area contributed by atoms with E-state index in [9.17, 15) is 4.57 Å². The van der Waals surface area contributed by atoms with Crippen molar-refractivity contribution >= 4 is 8.25 Å². The molecule has 1 heterocycles. The molecule has 0 aromatic heterocycles. The largest absolute Gasteiger partial charge is 0.319 e. The van der Waals surface area contributed by atoms with Gasteiger partial charge in [-0.3, -0.25) is 4.57 Å². The fraction of sp³-hybridized carbons (Fsp3) is 1.00. The van der Waals surface area contributed by atoms with Gasteiger partial charge in [-0.1, -0.05) is 26.7 Å². The Morgan fingerprint density at radius 2 is 2.31 bits per heavy atom. The molecule has 1 rings (SSSR count). The van der Waals surface area contributed by atoms with Gasteiger partial charge in [0.2, 0.25) is 0 Å². The standard InChI is InChI=1S/C9H19O3P/c1-4-5-6-9(3)7-11-13(10)12-8(9)2/h8,13H,4-7H2,1-3H3/t8?,9-/m1/s1. The Kier molecular flexibility index (Phi) is 3.96. The van der Waals surface area contributed by atoms with E-state index < -0.39 is 8.25 Å². The van der Waals surface area contributed by atoms with Crippen molar-refractivity contribution in [3.63, 3.8) is 0 Å². The van der Waals surface area contributed by atoms with E-state index >= 15 is 0 Å². The molecule has 0 aromatic carbocycles. The van der Waals surface area contributed by atoms with Gasteiger partial charge in [-0.05, 0) is 13.3 Å². The van der Waals surface area contributed by atoms with Crippen LogP contribution in [0.3, 0.4) is 0 Å². The Labute approximate surface area is 80.8 Å². The van der Waals surface area contributed by atoms with Gasteiger partial charge in [0, 0.05) is 5.41 Å². The van der Waals surface area contributed by atoms with Gasteiger partial charge in [0.15, 0.2) is 0 Å². The van der Waals surface area contributed by atoms with Gasteiger partial charge in [-0.2, -0.15) is 0 Å². The SMILES string of the molecule is CCCC[C@]1(C)CO[PH](=O)OC1C. The molecule has 0 N–H and O–H groups in total. The van der Waals surface area contributed by atoms with Crippen LogP contribution in [0, 0.1) is 5.41 Å². The van der Waals surface area contributed by atoms with Gasteiger partial charge >= 0.3 is 8.25 Å². The molecule has 3 atom stereocenters. The topological polar surface area (TPSA) is 35.5 Å². The van der Waals surface area contributed by atoms with Crippen molar-refractivity contribution in [2.24, 2.45) is 5.41 Å². The van der Waals surface area contributed by atoms with Crippen molar-refractivity contribution in [2.75, 3.05) is 6.61 Å². The second-order valence-electron chi connectivity index (χ2n) is 4.06. The van der Waals surface area contributed by atoms with Gasteiger partial charge in [0.05, 0.1) is 12.7 Å². The molecule has 13 heavy (non-hydrogen) atoms. The van der Waals surface area contributed by atoms with Crippen LogP contribution in [0.2, 0.25) is 0 Å². The highest BCUT2D eigenvalue weighted by Gasteiger charge is 2.37. The zero-order valence-corrected chi connectivity index (χ0v) is 9.63. The van der Waals surface area contributed by atoms with E-state index in [4.69, 9.17) is 9.05 Å². The molecule has 1 aliphatic heterocycles. The zero-order valence-electron chi connectivity index (χ0n) is 8.63. The van der Waals surface area contributed by atoms with Crippen molar-refractivity contribution in [2.45, 2.75) is 46.1 Å². The second kappa shape index (κ2) is 4.59. The monoisotopic (exact) mass is 206 g/mol. The smallest absolute Gasteiger partial charge is 0.310 e. The summed E-state index contributed by atoms with van der Waals surface area (Å²) in [5.41, 5.74) is 0.0502. The van der Waals surface area contributed by atoms with Gasteiger partial charge in [0.25, 0.3) is 0 Å². The third kappa shape index (κ3) is 2.80. The highest BCUT2D eigenvalue weighted by atomic mass is 31.1. The predicted octanol–water partition coefficient (Wildman–Crippen LogP) is 3.01. The molecule has 0 amide bonds. The molecule has 0 aromatic rings. The van der Waals surface area contributed by atoms with E-state index in [0.717, 1.165) is 6.42 Å². The van der Waals surface area contributed by atoms with Gasteiger partial charge in [-0.15, -0.1) is 0 Å². The third-order valence-corrected chi connectivity index (χ3v) is 3.80. The Bertz CT molecular complexity index is 195. The highest BCUT2D eigenvalue weighted by Crippen LogP contribution is 2.43. The number of rotatable bonds is 3. The van der Waals surface area contributed by atoms with Crippen molar-refractivity contribution in [1.82, 2.24) is 0 Å². The molecule has 0 saturated carbocycles. The van der Waals surface area contributed by atoms with Crippen LogP contribution in [-0.4, -0.2) is 12.7 Å². The minimum Gasteiger partial charge on any atom is -0.310 e. The average molecular weight is 206 g/mol. The van der Waals surface area contributed by atoms with Crippen molar-refractivity contribution in [3.05, 3.63) is 0 Å². The molecule has 1 saturated heterocycles. The Morgan fingerprint density at radius 3 is 2.85 bits per heavy atom. The van der Waals surface area contributed by atoms with Crippen molar-refractivity contribution in [3.8, 4) is 0 Å². The summed E-state index contributed by atoms with van der Waals surface area (Å²) in [7, 11) is -2.19. The summed E-state index contributed by atoms with van der Waals surface area (Å²) >= 11 is 0. The van der Waals surface area contributed by atoms with Crippen molar-refractivity contribution < 1.29 is 13.6 Å². The molecule has 78 valence electrons. The molecule has 1 fully saturated rings. The van der Waals surface area contributed by atoms with Crippen LogP contribution in [0.25, 0.3) is 0 Å². The van der Waals surface area contributed by atoms with E-state index in [1.165, 1.54) is 12.8 Å². The van der Waals surface area contributed by atoms with Gasteiger partial charge in [0.1, 0.15) is 0 Å². The first kappa shape index (κ1) is 11.2. The summed E-state index contributed by atoms with van der Waals surface area (Å²) in [6.45, 7) is 6.87. The Morgan fingerprint density at radius 1 is 1.62 bits per heavy atom. The number of unbranched alkanes of at least 4 members (excludes halogenated alkanes) is 1. The lowest BCUT2D eigenvalue weighted by Crippen LogP contribution is -2.38. The summed E-state index contributed by atoms with van der Waals surface area (Å²) in [6.07, 6.45) is 3.49. The maximum absolute atomic E-state index is 11.0. The van der Waals surface area contributed by atoms with Gasteiger partial charge in [-0.25, -0.2) is 0 Å². The molecular weight excluding hydrogens is 187 g/mol. The lowest BCUT2D eigenvalue weighted by Gasteiger charge is -2.38. The van der Waals surface area contributed by atoms with Crippen LogP contribution in [-0.2, 0) is 13.6 Å². The summed E-state index contributed by atoms with van der Waals surface area (Å²) in [6, 6.07) is 0. The minimum absolute atomic E-state index is 0.0502. The molecule has 0 bridgehead atoms. The van der Waals surface area contributed by atoms with Crippen LogP contribution in [0.4, 0.5) is 0 Å². The quantitative estimate of drug-likeness (QED) is 0.666. The Balaban J connectivity index is 2.51. The molecule has 0 spiro atoms. The summed E-state index contributed by atoms with van der Waals surface area (Å²) < 4.78 is 21.3. The van der Waals surface area contributed by atoms with E-state index in [-0.39, 0.29) is 11.5 Å².